The van der Waals surface area contributed by atoms with Crippen molar-refractivity contribution in [3.63, 3.8) is 0 Å². The van der Waals surface area contributed by atoms with E-state index in [2.05, 4.69) is 10.1 Å². The first-order valence-corrected chi connectivity index (χ1v) is 8.53. The zero-order valence-electron chi connectivity index (χ0n) is 15.5. The van der Waals surface area contributed by atoms with E-state index in [9.17, 15) is 32.3 Å². The van der Waals surface area contributed by atoms with Crippen molar-refractivity contribution in [2.45, 2.75) is 63.6 Å². The Labute approximate surface area is 158 Å². The van der Waals surface area contributed by atoms with Crippen molar-refractivity contribution in [1.82, 2.24) is 5.32 Å². The van der Waals surface area contributed by atoms with Crippen molar-refractivity contribution in [2.24, 2.45) is 0 Å². The predicted molar refractivity (Wildman–Crippen MR) is 89.0 cm³/mol. The quantitative estimate of drug-likeness (QED) is 0.749. The monoisotopic (exact) mass is 407 g/mol. The van der Waals surface area contributed by atoms with E-state index in [1.807, 2.05) is 0 Å². The molecular weight excluding hydrogens is 386 g/mol. The van der Waals surface area contributed by atoms with Gasteiger partial charge in [-0.05, 0) is 46.1 Å². The standard InChI is InChI=1S/C18H21F4NO5/c1-16(2,3)28-15(26)23-17(9-5-7-11(24)14(17)25)10-6-4-8-12(13(10)19)27-18(20,21)22/h4,6,8,11,24H,5,7,9H2,1-3H3,(H,23,26). The number of hydrogen-bond acceptors (Lipinski definition) is 5. The Morgan fingerprint density at radius 1 is 1.29 bits per heavy atom. The summed E-state index contributed by atoms with van der Waals surface area (Å²) in [5, 5.41) is 12.3. The Balaban J connectivity index is 2.53. The summed E-state index contributed by atoms with van der Waals surface area (Å²) in [5.74, 6) is -3.55. The SMILES string of the molecule is CC(C)(C)OC(=O)NC1(c2cccc(OC(F)(F)F)c2F)CCCC(O)C1=O. The Morgan fingerprint density at radius 3 is 2.50 bits per heavy atom. The largest absolute Gasteiger partial charge is 0.573 e. The number of aliphatic hydroxyl groups is 1. The summed E-state index contributed by atoms with van der Waals surface area (Å²) in [6.07, 6.45) is -7.58. The molecule has 0 heterocycles. The van der Waals surface area contributed by atoms with E-state index >= 15 is 0 Å². The van der Waals surface area contributed by atoms with Gasteiger partial charge in [0.2, 0.25) is 0 Å². The topological polar surface area (TPSA) is 84.9 Å². The number of alkyl halides is 3. The molecule has 0 aliphatic heterocycles. The second-order valence-electron chi connectivity index (χ2n) is 7.47. The van der Waals surface area contributed by atoms with E-state index in [1.165, 1.54) is 0 Å². The minimum absolute atomic E-state index is 0.0803. The fourth-order valence-corrected chi connectivity index (χ4v) is 3.08. The van der Waals surface area contributed by atoms with Crippen molar-refractivity contribution in [2.75, 3.05) is 0 Å². The van der Waals surface area contributed by atoms with Gasteiger partial charge in [0, 0.05) is 5.56 Å². The minimum atomic E-state index is -5.15. The fraction of sp³-hybridized carbons (Fsp3) is 0.556. The highest BCUT2D eigenvalue weighted by Crippen LogP contribution is 2.39. The van der Waals surface area contributed by atoms with Gasteiger partial charge < -0.3 is 19.9 Å². The molecule has 0 bridgehead atoms. The molecule has 1 fully saturated rings. The Bertz CT molecular complexity index is 759. The van der Waals surface area contributed by atoms with Gasteiger partial charge in [0.05, 0.1) is 0 Å². The highest BCUT2D eigenvalue weighted by molar-refractivity contribution is 5.96. The molecule has 10 heteroatoms. The minimum Gasteiger partial charge on any atom is -0.444 e. The summed E-state index contributed by atoms with van der Waals surface area (Å²) in [6, 6.07) is 2.87. The third-order valence-electron chi connectivity index (χ3n) is 4.12. The van der Waals surface area contributed by atoms with E-state index in [4.69, 9.17) is 4.74 Å². The van der Waals surface area contributed by atoms with E-state index in [0.717, 1.165) is 18.2 Å². The number of halogens is 4. The number of amides is 1. The smallest absolute Gasteiger partial charge is 0.444 e. The molecular formula is C18H21F4NO5. The molecule has 28 heavy (non-hydrogen) atoms. The third kappa shape index (κ3) is 4.92. The summed E-state index contributed by atoms with van der Waals surface area (Å²) < 4.78 is 61.3. The highest BCUT2D eigenvalue weighted by Gasteiger charge is 2.49. The first-order chi connectivity index (χ1) is 12.8. The van der Waals surface area contributed by atoms with Crippen LogP contribution in [0.15, 0.2) is 18.2 Å². The molecule has 156 valence electrons. The van der Waals surface area contributed by atoms with Crippen LogP contribution in [0.5, 0.6) is 5.75 Å². The predicted octanol–water partition coefficient (Wildman–Crippen LogP) is 3.56. The number of ketones is 1. The summed E-state index contributed by atoms with van der Waals surface area (Å²) in [7, 11) is 0. The van der Waals surface area contributed by atoms with Crippen molar-refractivity contribution < 1.29 is 41.7 Å². The lowest BCUT2D eigenvalue weighted by Gasteiger charge is -2.39. The molecule has 1 aliphatic rings. The van der Waals surface area contributed by atoms with E-state index in [1.54, 1.807) is 20.8 Å². The molecule has 1 amide bonds. The van der Waals surface area contributed by atoms with Crippen LogP contribution >= 0.6 is 0 Å². The van der Waals surface area contributed by atoms with Gasteiger partial charge in [0.1, 0.15) is 17.2 Å². The van der Waals surface area contributed by atoms with Gasteiger partial charge in [0.25, 0.3) is 0 Å². The third-order valence-corrected chi connectivity index (χ3v) is 4.12. The highest BCUT2D eigenvalue weighted by atomic mass is 19.4. The number of hydrogen-bond donors (Lipinski definition) is 2. The van der Waals surface area contributed by atoms with Crippen LogP contribution in [-0.4, -0.2) is 35.1 Å². The van der Waals surface area contributed by atoms with E-state index in [0.29, 0.717) is 0 Å². The van der Waals surface area contributed by atoms with Crippen LogP contribution in [0.25, 0.3) is 0 Å². The molecule has 0 saturated heterocycles. The molecule has 0 aromatic heterocycles. The number of carbonyl (C=O) groups excluding carboxylic acids is 2. The molecule has 0 radical (unpaired) electrons. The summed E-state index contributed by atoms with van der Waals surface area (Å²) in [5.41, 5.74) is -3.57. The molecule has 6 nitrogen and oxygen atoms in total. The molecule has 2 rings (SSSR count). The lowest BCUT2D eigenvalue weighted by molar-refractivity contribution is -0.275. The first kappa shape index (κ1) is 21.9. The summed E-state index contributed by atoms with van der Waals surface area (Å²) in [6.45, 7) is 4.69. The average molecular weight is 407 g/mol. The number of nitrogens with one attached hydrogen (secondary N) is 1. The average Bonchev–Trinajstić information content (AvgIpc) is 2.51. The maximum atomic E-state index is 14.9. The van der Waals surface area contributed by atoms with Gasteiger partial charge in [0.15, 0.2) is 17.3 Å². The lowest BCUT2D eigenvalue weighted by atomic mass is 9.74. The maximum absolute atomic E-state index is 14.9. The van der Waals surface area contributed by atoms with E-state index < -0.39 is 52.6 Å². The van der Waals surface area contributed by atoms with Crippen LogP contribution in [0, 0.1) is 5.82 Å². The second kappa shape index (κ2) is 7.57. The summed E-state index contributed by atoms with van der Waals surface area (Å²) >= 11 is 0. The molecule has 1 aromatic rings. The number of ether oxygens (including phenoxy) is 2. The molecule has 1 aliphatic carbocycles. The van der Waals surface area contributed by atoms with Gasteiger partial charge >= 0.3 is 12.5 Å². The van der Waals surface area contributed by atoms with Crippen molar-refractivity contribution in [3.05, 3.63) is 29.6 Å². The number of aliphatic hydroxyl groups excluding tert-OH is 1. The van der Waals surface area contributed by atoms with Gasteiger partial charge in [-0.3, -0.25) is 4.79 Å². The van der Waals surface area contributed by atoms with Gasteiger partial charge in [-0.2, -0.15) is 0 Å². The Morgan fingerprint density at radius 2 is 1.93 bits per heavy atom. The summed E-state index contributed by atoms with van der Waals surface area (Å²) in [4.78, 5) is 25.0. The van der Waals surface area contributed by atoms with Crippen LogP contribution in [0.2, 0.25) is 0 Å². The Kier molecular flexibility index (Phi) is 5.93. The molecule has 0 spiro atoms. The van der Waals surface area contributed by atoms with Gasteiger partial charge in [-0.15, -0.1) is 13.2 Å². The lowest BCUT2D eigenvalue weighted by Crippen LogP contribution is -2.58. The zero-order valence-corrected chi connectivity index (χ0v) is 15.5. The number of benzene rings is 1. The van der Waals surface area contributed by atoms with E-state index in [-0.39, 0.29) is 19.3 Å². The number of Topliss-reactive ketones (excluding diaryl/α,β-unsaturated/α-hetero) is 1. The number of rotatable bonds is 3. The Hall–Kier alpha value is -2.36. The van der Waals surface area contributed by atoms with Crippen LogP contribution in [0.4, 0.5) is 22.4 Å². The molecule has 2 atom stereocenters. The van der Waals surface area contributed by atoms with Crippen LogP contribution < -0.4 is 10.1 Å². The van der Waals surface area contributed by atoms with Crippen molar-refractivity contribution >= 4 is 11.9 Å². The van der Waals surface area contributed by atoms with Gasteiger partial charge in [-0.1, -0.05) is 12.1 Å². The van der Waals surface area contributed by atoms with Crippen LogP contribution in [0.1, 0.15) is 45.6 Å². The number of alkyl carbamates (subject to hydrolysis) is 1. The van der Waals surface area contributed by atoms with Crippen molar-refractivity contribution in [3.8, 4) is 5.75 Å². The molecule has 1 saturated carbocycles. The molecule has 2 unspecified atom stereocenters. The zero-order chi connectivity index (χ0) is 21.3. The van der Waals surface area contributed by atoms with Gasteiger partial charge in [-0.25, -0.2) is 9.18 Å². The molecule has 2 N–H and O–H groups in total. The fourth-order valence-electron chi connectivity index (χ4n) is 3.08. The van der Waals surface area contributed by atoms with Crippen molar-refractivity contribution in [1.29, 1.82) is 0 Å². The second-order valence-corrected chi connectivity index (χ2v) is 7.47. The van der Waals surface area contributed by atoms with Crippen LogP contribution in [0.3, 0.4) is 0 Å². The first-order valence-electron chi connectivity index (χ1n) is 8.53. The number of carbonyl (C=O) groups is 2. The van der Waals surface area contributed by atoms with Crippen LogP contribution in [-0.2, 0) is 15.1 Å². The molecule has 1 aromatic carbocycles. The maximum Gasteiger partial charge on any atom is 0.573 e. The normalized spacial score (nSPS) is 23.3.